The first-order chi connectivity index (χ1) is 12.6. The van der Waals surface area contributed by atoms with Crippen molar-refractivity contribution in [2.75, 3.05) is 5.32 Å². The molecule has 0 aliphatic heterocycles. The van der Waals surface area contributed by atoms with Gasteiger partial charge in [-0.05, 0) is 37.7 Å². The number of nitrogens with zero attached hydrogens (tertiary/aromatic N) is 3. The van der Waals surface area contributed by atoms with Gasteiger partial charge in [0.2, 0.25) is 0 Å². The number of amides is 1. The van der Waals surface area contributed by atoms with E-state index in [2.05, 4.69) is 29.2 Å². The van der Waals surface area contributed by atoms with Gasteiger partial charge in [0, 0.05) is 17.5 Å². The van der Waals surface area contributed by atoms with Crippen molar-refractivity contribution in [1.29, 1.82) is 0 Å². The molecule has 0 spiro atoms. The first kappa shape index (κ1) is 18.8. The number of aryl methyl sites for hydroxylation is 2. The van der Waals surface area contributed by atoms with Gasteiger partial charge in [0.1, 0.15) is 5.69 Å². The molecule has 2 aromatic heterocycles. The zero-order valence-corrected chi connectivity index (χ0v) is 16.3. The lowest BCUT2D eigenvalue weighted by Crippen LogP contribution is -2.26. The van der Waals surface area contributed by atoms with Gasteiger partial charge >= 0.3 is 0 Å². The second-order valence-electron chi connectivity index (χ2n) is 6.87. The normalized spacial score (nSPS) is 16.3. The largest absolute Gasteiger partial charge is 0.296 e. The van der Waals surface area contributed by atoms with E-state index >= 15 is 0 Å². The van der Waals surface area contributed by atoms with Crippen molar-refractivity contribution in [3.05, 3.63) is 38.8 Å². The highest BCUT2D eigenvalue weighted by Crippen LogP contribution is 2.34. The highest BCUT2D eigenvalue weighted by atomic mass is 32.1. The summed E-state index contributed by atoms with van der Waals surface area (Å²) in [6, 6.07) is 2.88. The van der Waals surface area contributed by atoms with Crippen LogP contribution in [0.2, 0.25) is 0 Å². The number of fused-ring (bicyclic) bond motifs is 1. The number of hydrogen-bond acceptors (Lipinski definition) is 5. The van der Waals surface area contributed by atoms with Gasteiger partial charge in [0.05, 0.1) is 5.69 Å². The molecule has 1 aliphatic rings. The summed E-state index contributed by atoms with van der Waals surface area (Å²) in [6.07, 6.45) is 7.53. The summed E-state index contributed by atoms with van der Waals surface area (Å²) in [5.74, 6) is 0.423. The molecule has 0 saturated heterocycles. The van der Waals surface area contributed by atoms with Crippen molar-refractivity contribution in [2.24, 2.45) is 5.92 Å². The molecule has 0 bridgehead atoms. The molecular formula is C19H26N4O2S. The molecule has 2 heterocycles. The zero-order chi connectivity index (χ0) is 18.5. The fourth-order valence-corrected chi connectivity index (χ4v) is 4.47. The van der Waals surface area contributed by atoms with Gasteiger partial charge in [-0.1, -0.05) is 33.1 Å². The number of anilines is 1. The van der Waals surface area contributed by atoms with Gasteiger partial charge in [-0.25, -0.2) is 9.67 Å². The molecule has 0 fully saturated rings. The average molecular weight is 375 g/mol. The molecule has 0 aromatic carbocycles. The monoisotopic (exact) mass is 374 g/mol. The Labute approximate surface area is 157 Å². The summed E-state index contributed by atoms with van der Waals surface area (Å²) >= 11 is 1.57. The maximum Gasteiger partial charge on any atom is 0.277 e. The fourth-order valence-electron chi connectivity index (χ4n) is 3.35. The molecule has 1 unspecified atom stereocenters. The number of hydrogen-bond donors (Lipinski definition) is 1. The Kier molecular flexibility index (Phi) is 6.19. The minimum atomic E-state index is -0.313. The molecule has 2 aromatic rings. The van der Waals surface area contributed by atoms with Crippen LogP contribution in [0, 0.1) is 5.92 Å². The van der Waals surface area contributed by atoms with Crippen LogP contribution in [0.3, 0.4) is 0 Å². The van der Waals surface area contributed by atoms with Crippen LogP contribution in [0.15, 0.2) is 16.9 Å². The van der Waals surface area contributed by atoms with Crippen LogP contribution in [0.1, 0.15) is 67.0 Å². The van der Waals surface area contributed by atoms with Crippen molar-refractivity contribution in [2.45, 2.75) is 65.3 Å². The van der Waals surface area contributed by atoms with Gasteiger partial charge < -0.3 is 0 Å². The predicted octanol–water partition coefficient (Wildman–Crippen LogP) is 3.66. The third-order valence-electron chi connectivity index (χ3n) is 4.78. The highest BCUT2D eigenvalue weighted by molar-refractivity contribution is 7.15. The standard InChI is InChI=1S/C19H26N4O2S/c1-3-5-11-23-17(24)10-9-15(22-23)18(25)21-19-20-14-8-7-13(6-4-2)12-16(14)26-19/h9-10,13H,3-8,11-12H2,1-2H3,(H,20,21,25). The molecule has 6 nitrogen and oxygen atoms in total. The van der Waals surface area contributed by atoms with Gasteiger partial charge in [0.25, 0.3) is 11.5 Å². The molecular weight excluding hydrogens is 348 g/mol. The van der Waals surface area contributed by atoms with Crippen LogP contribution in [-0.2, 0) is 19.4 Å². The number of carbonyl (C=O) groups is 1. The van der Waals surface area contributed by atoms with Crippen molar-refractivity contribution in [1.82, 2.24) is 14.8 Å². The van der Waals surface area contributed by atoms with Crippen molar-refractivity contribution in [3.8, 4) is 0 Å². The molecule has 3 rings (SSSR count). The third kappa shape index (κ3) is 4.38. The molecule has 140 valence electrons. The average Bonchev–Trinajstić information content (AvgIpc) is 3.02. The summed E-state index contributed by atoms with van der Waals surface area (Å²) in [4.78, 5) is 30.2. The molecule has 1 N–H and O–H groups in total. The van der Waals surface area contributed by atoms with Crippen LogP contribution in [0.25, 0.3) is 0 Å². The van der Waals surface area contributed by atoms with E-state index in [0.29, 0.717) is 11.7 Å². The number of rotatable bonds is 7. The Morgan fingerprint density at radius 2 is 2.19 bits per heavy atom. The first-order valence-electron chi connectivity index (χ1n) is 9.48. The SMILES string of the molecule is CCCCn1nc(C(=O)Nc2nc3c(s2)CC(CCC)CC3)ccc1=O. The number of thiazole rings is 1. The minimum absolute atomic E-state index is 0.179. The van der Waals surface area contributed by atoms with E-state index in [1.54, 1.807) is 11.3 Å². The van der Waals surface area contributed by atoms with E-state index in [0.717, 1.165) is 37.3 Å². The minimum Gasteiger partial charge on any atom is -0.296 e. The summed E-state index contributed by atoms with van der Waals surface area (Å²) in [5.41, 5.74) is 1.19. The van der Waals surface area contributed by atoms with E-state index < -0.39 is 0 Å². The van der Waals surface area contributed by atoms with Crippen molar-refractivity contribution in [3.63, 3.8) is 0 Å². The summed E-state index contributed by atoms with van der Waals surface area (Å²) in [5, 5.41) is 7.68. The number of aromatic nitrogens is 3. The number of unbranched alkanes of at least 4 members (excludes halogenated alkanes) is 1. The summed E-state index contributed by atoms with van der Waals surface area (Å²) in [7, 11) is 0. The summed E-state index contributed by atoms with van der Waals surface area (Å²) in [6.45, 7) is 4.80. The first-order valence-corrected chi connectivity index (χ1v) is 10.3. The van der Waals surface area contributed by atoms with E-state index in [4.69, 9.17) is 0 Å². The summed E-state index contributed by atoms with van der Waals surface area (Å²) < 4.78 is 1.36. The smallest absolute Gasteiger partial charge is 0.277 e. The molecule has 1 amide bonds. The van der Waals surface area contributed by atoms with E-state index in [1.165, 1.54) is 41.0 Å². The van der Waals surface area contributed by atoms with Gasteiger partial charge in [-0.3, -0.25) is 14.9 Å². The lowest BCUT2D eigenvalue weighted by atomic mass is 9.88. The maximum atomic E-state index is 12.5. The van der Waals surface area contributed by atoms with Crippen LogP contribution >= 0.6 is 11.3 Å². The maximum absolute atomic E-state index is 12.5. The van der Waals surface area contributed by atoms with Gasteiger partial charge in [-0.2, -0.15) is 5.10 Å². The van der Waals surface area contributed by atoms with Crippen molar-refractivity contribution >= 4 is 22.4 Å². The van der Waals surface area contributed by atoms with Gasteiger partial charge in [0.15, 0.2) is 5.13 Å². The van der Waals surface area contributed by atoms with Crippen LogP contribution < -0.4 is 10.9 Å². The van der Waals surface area contributed by atoms with E-state index in [9.17, 15) is 9.59 Å². The second-order valence-corrected chi connectivity index (χ2v) is 7.96. The predicted molar refractivity (Wildman–Crippen MR) is 104 cm³/mol. The van der Waals surface area contributed by atoms with Crippen LogP contribution in [0.5, 0.6) is 0 Å². The van der Waals surface area contributed by atoms with Crippen LogP contribution in [-0.4, -0.2) is 20.7 Å². The Morgan fingerprint density at radius 3 is 2.96 bits per heavy atom. The number of nitrogens with one attached hydrogen (secondary N) is 1. The zero-order valence-electron chi connectivity index (χ0n) is 15.5. The van der Waals surface area contributed by atoms with Gasteiger partial charge in [-0.15, -0.1) is 11.3 Å². The van der Waals surface area contributed by atoms with E-state index in [-0.39, 0.29) is 17.2 Å². The molecule has 0 saturated carbocycles. The number of carbonyl (C=O) groups excluding carboxylic acids is 1. The topological polar surface area (TPSA) is 76.9 Å². The molecule has 0 radical (unpaired) electrons. The molecule has 26 heavy (non-hydrogen) atoms. The lowest BCUT2D eigenvalue weighted by Gasteiger charge is -2.19. The Morgan fingerprint density at radius 1 is 1.35 bits per heavy atom. The second kappa shape index (κ2) is 8.58. The quantitative estimate of drug-likeness (QED) is 0.802. The molecule has 1 aliphatic carbocycles. The molecule has 7 heteroatoms. The Hall–Kier alpha value is -2.02. The Balaban J connectivity index is 1.70. The third-order valence-corrected chi connectivity index (χ3v) is 5.82. The lowest BCUT2D eigenvalue weighted by molar-refractivity contribution is 0.101. The Bertz CT molecular complexity index is 827. The fraction of sp³-hybridized carbons (Fsp3) is 0.579. The molecule has 1 atom stereocenters. The highest BCUT2D eigenvalue weighted by Gasteiger charge is 2.23. The van der Waals surface area contributed by atoms with E-state index in [1.807, 2.05) is 0 Å². The van der Waals surface area contributed by atoms with Crippen LogP contribution in [0.4, 0.5) is 5.13 Å². The van der Waals surface area contributed by atoms with Crippen molar-refractivity contribution < 1.29 is 4.79 Å².